The minimum absolute atomic E-state index is 0.0426. The van der Waals surface area contributed by atoms with E-state index >= 15 is 0 Å². The number of carbonyl (C=O) groups is 2. The van der Waals surface area contributed by atoms with E-state index in [9.17, 15) is 66.3 Å². The van der Waals surface area contributed by atoms with Crippen LogP contribution in [-0.2, 0) is 9.59 Å². The highest BCUT2D eigenvalue weighted by Crippen LogP contribution is 2.36. The summed E-state index contributed by atoms with van der Waals surface area (Å²) in [7, 11) is 0.779. The van der Waals surface area contributed by atoms with Gasteiger partial charge in [-0.25, -0.2) is 15.0 Å². The molecular weight excluding hydrogens is 951 g/mol. The van der Waals surface area contributed by atoms with Crippen molar-refractivity contribution in [1.82, 2.24) is 15.0 Å². The van der Waals surface area contributed by atoms with Gasteiger partial charge in [-0.05, 0) is 54.6 Å². The van der Waals surface area contributed by atoms with E-state index in [0.29, 0.717) is 5.75 Å². The van der Waals surface area contributed by atoms with Crippen molar-refractivity contribution in [3.8, 4) is 52.7 Å². The van der Waals surface area contributed by atoms with Crippen LogP contribution >= 0.6 is 0 Å². The summed E-state index contributed by atoms with van der Waals surface area (Å²) in [6, 6.07) is 23.7. The third-order valence-corrected chi connectivity index (χ3v) is 8.17. The second kappa shape index (κ2) is 22.6. The predicted octanol–water partition coefficient (Wildman–Crippen LogP) is 8.57. The molecule has 0 saturated heterocycles. The number of nitrogens with one attached hydrogen (secondary N) is 1. The molecule has 70 heavy (non-hydrogen) atoms. The van der Waals surface area contributed by atoms with E-state index in [1.54, 1.807) is 18.2 Å². The van der Waals surface area contributed by atoms with Crippen molar-refractivity contribution in [3.05, 3.63) is 157 Å². The van der Waals surface area contributed by atoms with Crippen LogP contribution in [0.1, 0.15) is 17.1 Å². The van der Waals surface area contributed by atoms with E-state index in [1.165, 1.54) is 72.4 Å². The highest BCUT2D eigenvalue weighted by Gasteiger charge is 2.43. The monoisotopic (exact) mass is 974 g/mol. The Morgan fingerprint density at radius 3 is 1.34 bits per heavy atom. The molecule has 0 saturated carbocycles. The summed E-state index contributed by atoms with van der Waals surface area (Å²) in [6.07, 6.45) is -6.39. The highest BCUT2D eigenvalue weighted by atomic mass is 19.4. The minimum Gasteiger partial charge on any atom is -0.457 e. The van der Waals surface area contributed by atoms with E-state index in [4.69, 9.17) is 35.7 Å². The zero-order valence-electron chi connectivity index (χ0n) is 34.7. The minimum atomic E-state index is -5.19. The topological polar surface area (TPSA) is 343 Å². The van der Waals surface area contributed by atoms with Crippen LogP contribution in [0.5, 0.6) is 34.5 Å². The van der Waals surface area contributed by atoms with Gasteiger partial charge in [-0.3, -0.25) is 39.9 Å². The molecule has 0 atom stereocenters. The lowest BCUT2D eigenvalue weighted by Gasteiger charge is -2.19. The van der Waals surface area contributed by atoms with Crippen LogP contribution in [0.4, 0.5) is 60.5 Å². The van der Waals surface area contributed by atoms with E-state index in [2.05, 4.69) is 15.0 Å². The van der Waals surface area contributed by atoms with Crippen molar-refractivity contribution in [3.63, 3.8) is 0 Å². The highest BCUT2D eigenvalue weighted by molar-refractivity contribution is 5.99. The van der Waals surface area contributed by atoms with Crippen molar-refractivity contribution in [2.45, 2.75) is 12.4 Å². The van der Waals surface area contributed by atoms with Gasteiger partial charge < -0.3 is 30.2 Å². The zero-order valence-corrected chi connectivity index (χ0v) is 34.7. The summed E-state index contributed by atoms with van der Waals surface area (Å²) in [5.41, 5.74) is 2.88. The molecule has 0 spiro atoms. The fraction of sp³-hybridized carbons (Fsp3) is 0.0732. The molecule has 0 radical (unpaired) electrons. The molecule has 0 aliphatic carbocycles. The van der Waals surface area contributed by atoms with Gasteiger partial charge in [0.2, 0.25) is 0 Å². The number of amides is 2. The molecule has 0 fully saturated rings. The maximum Gasteiger partial charge on any atom is 0.471 e. The van der Waals surface area contributed by atoms with Gasteiger partial charge in [0, 0.05) is 43.8 Å². The first-order valence-electron chi connectivity index (χ1n) is 18.4. The normalized spacial score (nSPS) is 10.4. The molecule has 29 heteroatoms. The lowest BCUT2D eigenvalue weighted by Crippen LogP contribution is -2.38. The van der Waals surface area contributed by atoms with Crippen molar-refractivity contribution in [1.29, 1.82) is 15.8 Å². The van der Waals surface area contributed by atoms with Gasteiger partial charge >= 0.3 is 24.2 Å². The Morgan fingerprint density at radius 2 is 0.957 bits per heavy atom. The number of nitriles is 3. The zero-order chi connectivity index (χ0) is 51.9. The van der Waals surface area contributed by atoms with Gasteiger partial charge in [0.25, 0.3) is 17.1 Å². The van der Waals surface area contributed by atoms with E-state index < -0.39 is 61.7 Å². The van der Waals surface area contributed by atoms with Crippen LogP contribution in [0.3, 0.4) is 0 Å². The molecule has 6 aromatic rings. The van der Waals surface area contributed by atoms with Gasteiger partial charge in [0.05, 0.1) is 33.0 Å². The molecule has 0 unspecified atom stereocenters. The number of rotatable bonds is 11. The molecule has 3 aromatic carbocycles. The van der Waals surface area contributed by atoms with Crippen molar-refractivity contribution < 1.29 is 64.9 Å². The number of nitro groups is 3. The number of benzene rings is 3. The lowest BCUT2D eigenvalue weighted by atomic mass is 10.2. The maximum absolute atomic E-state index is 12.5. The van der Waals surface area contributed by atoms with Crippen LogP contribution in [0.25, 0.3) is 0 Å². The molecule has 3 N–H and O–H groups in total. The standard InChI is InChI=1S/C15H9F3N4O4.C14H7F3N4O4.C12H8N4O3/c1-21(14(23)15(16,17)18)12-3-2-10(7-13(12)22(24)25)26-11-4-5-20-9(6-11)8-19;15-14(16,17)13(22)20-11-2-1-9(6-12(11)21(23)24)25-10-3-4-19-8(5-10)7-18;13-7-8-5-10(3-4-15-8)19-9-1-2-11(14)12(6-9)16(17)18/h2-7H,1H3;1-6H,(H,20,22);1-6H,14H2. The van der Waals surface area contributed by atoms with Gasteiger partial charge in [-0.2, -0.15) is 42.1 Å². The van der Waals surface area contributed by atoms with Crippen LogP contribution in [0, 0.1) is 64.3 Å². The maximum atomic E-state index is 12.5. The smallest absolute Gasteiger partial charge is 0.457 e. The summed E-state index contributed by atoms with van der Waals surface area (Å²) in [6.45, 7) is 0. The van der Waals surface area contributed by atoms with E-state index in [1.807, 2.05) is 6.07 Å². The van der Waals surface area contributed by atoms with Gasteiger partial charge in [0.15, 0.2) is 0 Å². The van der Waals surface area contributed by atoms with Gasteiger partial charge in [-0.15, -0.1) is 0 Å². The summed E-state index contributed by atoms with van der Waals surface area (Å²) >= 11 is 0. The number of hydrogen-bond acceptors (Lipinski definition) is 18. The van der Waals surface area contributed by atoms with Crippen LogP contribution in [0.15, 0.2) is 110 Å². The van der Waals surface area contributed by atoms with Crippen LogP contribution in [-0.4, -0.2) is 60.9 Å². The molecular formula is C41H24F6N12O11. The van der Waals surface area contributed by atoms with Crippen LogP contribution in [0.2, 0.25) is 0 Å². The lowest BCUT2D eigenvalue weighted by molar-refractivity contribution is -0.384. The number of ether oxygens (including phenoxy) is 3. The summed E-state index contributed by atoms with van der Waals surface area (Å²) in [5, 5.41) is 60.6. The van der Waals surface area contributed by atoms with Crippen molar-refractivity contribution in [2.75, 3.05) is 23.0 Å². The van der Waals surface area contributed by atoms with Gasteiger partial charge in [-0.1, -0.05) is 0 Å². The number of hydrogen-bond donors (Lipinski definition) is 2. The summed E-state index contributed by atoms with van der Waals surface area (Å²) < 4.78 is 90.5. The number of carbonyl (C=O) groups excluding carboxylic acids is 2. The Kier molecular flexibility index (Phi) is 16.8. The predicted molar refractivity (Wildman–Crippen MR) is 225 cm³/mol. The number of nitrogens with zero attached hydrogens (tertiary/aromatic N) is 10. The number of anilines is 3. The van der Waals surface area contributed by atoms with Crippen molar-refractivity contribution >= 4 is 45.9 Å². The first kappa shape index (κ1) is 52.1. The largest absolute Gasteiger partial charge is 0.471 e. The second-order valence-electron chi connectivity index (χ2n) is 12.9. The Hall–Kier alpha value is -10.5. The number of nitrogens with two attached hydrogens (primary N) is 1. The number of aromatic nitrogens is 3. The molecule has 23 nitrogen and oxygen atoms in total. The Labute approximate surface area is 386 Å². The third-order valence-electron chi connectivity index (χ3n) is 8.17. The number of nitro benzene ring substituents is 3. The number of nitrogen functional groups attached to an aromatic ring is 1. The average Bonchev–Trinajstić information content (AvgIpc) is 3.32. The number of pyridine rings is 3. The summed E-state index contributed by atoms with van der Waals surface area (Å²) in [5.74, 6) is -3.80. The first-order valence-corrected chi connectivity index (χ1v) is 18.4. The molecule has 6 rings (SSSR count). The molecule has 356 valence electrons. The second-order valence-corrected chi connectivity index (χ2v) is 12.9. The molecule has 3 aromatic heterocycles. The van der Waals surface area contributed by atoms with E-state index in [-0.39, 0.29) is 62.1 Å². The average molecular weight is 975 g/mol. The fourth-order valence-corrected chi connectivity index (χ4v) is 5.08. The molecule has 0 aliphatic rings. The van der Waals surface area contributed by atoms with E-state index in [0.717, 1.165) is 43.4 Å². The number of halogens is 6. The molecule has 0 bridgehead atoms. The quantitative estimate of drug-likeness (QED) is 0.0531. The fourth-order valence-electron chi connectivity index (χ4n) is 5.08. The Balaban J connectivity index is 0.000000231. The number of alkyl halides is 6. The third kappa shape index (κ3) is 14.5. The van der Waals surface area contributed by atoms with Crippen molar-refractivity contribution in [2.24, 2.45) is 0 Å². The first-order chi connectivity index (χ1) is 32.9. The Morgan fingerprint density at radius 1 is 0.586 bits per heavy atom. The van der Waals surface area contributed by atoms with Crippen LogP contribution < -0.4 is 30.2 Å². The SMILES string of the molecule is CN(C(=O)C(F)(F)F)c1ccc(Oc2ccnc(C#N)c2)cc1[N+](=O)[O-].N#Cc1cc(Oc2ccc(N)c([N+](=O)[O-])c2)ccn1.N#Cc1cc(Oc2ccc(NC(=O)C(F)(F)F)c([N+](=O)[O-])c2)ccn1. The Bertz CT molecular complexity index is 3120. The van der Waals surface area contributed by atoms with Gasteiger partial charge in [0.1, 0.15) is 86.8 Å². The molecule has 2 amide bonds. The summed E-state index contributed by atoms with van der Waals surface area (Å²) in [4.78, 5) is 64.0. The molecule has 3 heterocycles. The molecule has 0 aliphatic heterocycles.